The van der Waals surface area contributed by atoms with Gasteiger partial charge in [0.25, 0.3) is 0 Å². The van der Waals surface area contributed by atoms with Gasteiger partial charge in [0.05, 0.1) is 22.5 Å². The number of aromatic nitrogens is 2. The maximum absolute atomic E-state index is 6.25. The first-order chi connectivity index (χ1) is 8.04. The molecule has 1 aromatic rings. The standard InChI is InChI=1S/C12H22ClN3O/c1-6-11(17-5)9(14-3)7-10-12(13)8(2)15-16(10)4/h9,11,14H,6-7H2,1-5H3. The topological polar surface area (TPSA) is 39.1 Å². The van der Waals surface area contributed by atoms with Gasteiger partial charge in [-0.1, -0.05) is 18.5 Å². The fourth-order valence-corrected chi connectivity index (χ4v) is 2.38. The number of ether oxygens (including phenoxy) is 1. The number of rotatable bonds is 6. The van der Waals surface area contributed by atoms with Gasteiger partial charge in [-0.15, -0.1) is 0 Å². The summed E-state index contributed by atoms with van der Waals surface area (Å²) in [7, 11) is 5.62. The van der Waals surface area contributed by atoms with E-state index in [2.05, 4.69) is 17.3 Å². The Kier molecular flexibility index (Phi) is 5.43. The van der Waals surface area contributed by atoms with E-state index in [1.54, 1.807) is 7.11 Å². The molecule has 0 bridgehead atoms. The number of nitrogens with one attached hydrogen (secondary N) is 1. The number of methoxy groups -OCH3 is 1. The Bertz CT molecular complexity index is 361. The molecule has 0 saturated carbocycles. The summed E-state index contributed by atoms with van der Waals surface area (Å²) in [5.74, 6) is 0. The van der Waals surface area contributed by atoms with Crippen molar-refractivity contribution >= 4 is 11.6 Å². The van der Waals surface area contributed by atoms with Crippen LogP contribution in [0.15, 0.2) is 0 Å². The quantitative estimate of drug-likeness (QED) is 0.849. The zero-order valence-corrected chi connectivity index (χ0v) is 12.0. The number of nitrogens with zero attached hydrogens (tertiary/aromatic N) is 2. The van der Waals surface area contributed by atoms with Crippen LogP contribution in [0.3, 0.4) is 0 Å². The molecule has 5 heteroatoms. The number of halogens is 1. The zero-order valence-electron chi connectivity index (χ0n) is 11.2. The summed E-state index contributed by atoms with van der Waals surface area (Å²) < 4.78 is 7.33. The number of aryl methyl sites for hydroxylation is 2. The van der Waals surface area contributed by atoms with E-state index in [-0.39, 0.29) is 12.1 Å². The van der Waals surface area contributed by atoms with Gasteiger partial charge in [-0.2, -0.15) is 5.10 Å². The number of hydrogen-bond donors (Lipinski definition) is 1. The summed E-state index contributed by atoms with van der Waals surface area (Å²) in [6.45, 7) is 4.04. The summed E-state index contributed by atoms with van der Waals surface area (Å²) in [5, 5.41) is 8.38. The molecule has 0 fully saturated rings. The van der Waals surface area contributed by atoms with Crippen LogP contribution < -0.4 is 5.32 Å². The van der Waals surface area contributed by atoms with Crippen LogP contribution >= 0.6 is 11.6 Å². The van der Waals surface area contributed by atoms with Gasteiger partial charge in [-0.05, 0) is 20.4 Å². The monoisotopic (exact) mass is 259 g/mol. The SMILES string of the molecule is CCC(OC)C(Cc1c(Cl)c(C)nn1C)NC. The van der Waals surface area contributed by atoms with Crippen LogP contribution in [-0.4, -0.2) is 36.1 Å². The van der Waals surface area contributed by atoms with Crippen LogP contribution in [0.1, 0.15) is 24.7 Å². The summed E-state index contributed by atoms with van der Waals surface area (Å²) in [6.07, 6.45) is 1.97. The third-order valence-electron chi connectivity index (χ3n) is 3.20. The minimum Gasteiger partial charge on any atom is -0.380 e. The van der Waals surface area contributed by atoms with Crippen molar-refractivity contribution in [3.8, 4) is 0 Å². The van der Waals surface area contributed by atoms with Gasteiger partial charge in [-0.3, -0.25) is 4.68 Å². The largest absolute Gasteiger partial charge is 0.380 e. The molecule has 0 spiro atoms. The van der Waals surface area contributed by atoms with E-state index >= 15 is 0 Å². The van der Waals surface area contributed by atoms with Crippen LogP contribution in [0.4, 0.5) is 0 Å². The van der Waals surface area contributed by atoms with E-state index in [1.165, 1.54) is 0 Å². The van der Waals surface area contributed by atoms with Gasteiger partial charge in [0.2, 0.25) is 0 Å². The van der Waals surface area contributed by atoms with Crippen molar-refractivity contribution in [3.63, 3.8) is 0 Å². The Morgan fingerprint density at radius 3 is 2.53 bits per heavy atom. The van der Waals surface area contributed by atoms with Crippen LogP contribution in [0, 0.1) is 6.92 Å². The minimum atomic E-state index is 0.186. The predicted octanol–water partition coefficient (Wildman–Crippen LogP) is 1.94. The minimum absolute atomic E-state index is 0.186. The van der Waals surface area contributed by atoms with Crippen molar-refractivity contribution in [2.24, 2.45) is 7.05 Å². The molecule has 0 aliphatic heterocycles. The number of likely N-dealkylation sites (N-methyl/N-ethyl adjacent to an activating group) is 1. The lowest BCUT2D eigenvalue weighted by molar-refractivity contribution is 0.0672. The van der Waals surface area contributed by atoms with Crippen LogP contribution in [0.5, 0.6) is 0 Å². The van der Waals surface area contributed by atoms with E-state index < -0.39 is 0 Å². The molecule has 0 amide bonds. The van der Waals surface area contributed by atoms with Crippen molar-refractivity contribution in [3.05, 3.63) is 16.4 Å². The summed E-state index contributed by atoms with van der Waals surface area (Å²) in [4.78, 5) is 0. The second-order valence-corrected chi connectivity index (χ2v) is 4.63. The molecule has 0 aliphatic carbocycles. The molecular weight excluding hydrogens is 238 g/mol. The van der Waals surface area contributed by atoms with Crippen molar-refractivity contribution in [1.29, 1.82) is 0 Å². The van der Waals surface area contributed by atoms with Crippen molar-refractivity contribution in [2.75, 3.05) is 14.2 Å². The average molecular weight is 260 g/mol. The third-order valence-corrected chi connectivity index (χ3v) is 3.69. The maximum Gasteiger partial charge on any atom is 0.0847 e. The summed E-state index contributed by atoms with van der Waals surface area (Å²) in [6, 6.07) is 0.247. The highest BCUT2D eigenvalue weighted by atomic mass is 35.5. The Hall–Kier alpha value is -0.580. The fraction of sp³-hybridized carbons (Fsp3) is 0.750. The Balaban J connectivity index is 2.87. The molecule has 2 unspecified atom stereocenters. The molecule has 0 radical (unpaired) electrons. The molecule has 4 nitrogen and oxygen atoms in total. The molecule has 1 rings (SSSR count). The number of hydrogen-bond acceptors (Lipinski definition) is 3. The molecule has 2 atom stereocenters. The summed E-state index contributed by atoms with van der Waals surface area (Å²) >= 11 is 6.25. The van der Waals surface area contributed by atoms with Crippen molar-refractivity contribution in [2.45, 2.75) is 38.8 Å². The Morgan fingerprint density at radius 1 is 1.53 bits per heavy atom. The molecule has 0 aromatic carbocycles. The second-order valence-electron chi connectivity index (χ2n) is 4.25. The van der Waals surface area contributed by atoms with E-state index in [9.17, 15) is 0 Å². The Labute approximate surface area is 108 Å². The predicted molar refractivity (Wildman–Crippen MR) is 70.6 cm³/mol. The van der Waals surface area contributed by atoms with E-state index in [4.69, 9.17) is 16.3 Å². The summed E-state index contributed by atoms with van der Waals surface area (Å²) in [5.41, 5.74) is 1.93. The van der Waals surface area contributed by atoms with Gasteiger partial charge >= 0.3 is 0 Å². The lowest BCUT2D eigenvalue weighted by Gasteiger charge is -2.24. The van der Waals surface area contributed by atoms with Crippen LogP contribution in [0.25, 0.3) is 0 Å². The lowest BCUT2D eigenvalue weighted by Crippen LogP contribution is -2.40. The average Bonchev–Trinajstić information content (AvgIpc) is 2.55. The first-order valence-electron chi connectivity index (χ1n) is 5.93. The maximum atomic E-state index is 6.25. The van der Waals surface area contributed by atoms with E-state index in [0.717, 1.165) is 29.3 Å². The van der Waals surface area contributed by atoms with Gasteiger partial charge in [0.1, 0.15) is 0 Å². The smallest absolute Gasteiger partial charge is 0.0847 e. The fourth-order valence-electron chi connectivity index (χ4n) is 2.15. The molecular formula is C12H22ClN3O. The van der Waals surface area contributed by atoms with Crippen LogP contribution in [-0.2, 0) is 18.2 Å². The van der Waals surface area contributed by atoms with Gasteiger partial charge in [0.15, 0.2) is 0 Å². The molecule has 1 aromatic heterocycles. The molecule has 17 heavy (non-hydrogen) atoms. The van der Waals surface area contributed by atoms with Gasteiger partial charge < -0.3 is 10.1 Å². The van der Waals surface area contributed by atoms with Crippen molar-refractivity contribution in [1.82, 2.24) is 15.1 Å². The van der Waals surface area contributed by atoms with Crippen LogP contribution in [0.2, 0.25) is 5.02 Å². The molecule has 1 heterocycles. The first-order valence-corrected chi connectivity index (χ1v) is 6.30. The highest BCUT2D eigenvalue weighted by Crippen LogP contribution is 2.22. The molecule has 0 aliphatic rings. The van der Waals surface area contributed by atoms with Gasteiger partial charge in [0, 0.05) is 26.6 Å². The normalized spacial score (nSPS) is 14.9. The Morgan fingerprint density at radius 2 is 2.18 bits per heavy atom. The highest BCUT2D eigenvalue weighted by Gasteiger charge is 2.22. The van der Waals surface area contributed by atoms with E-state index in [1.807, 2.05) is 25.7 Å². The highest BCUT2D eigenvalue weighted by molar-refractivity contribution is 6.31. The molecule has 1 N–H and O–H groups in total. The zero-order chi connectivity index (χ0) is 13.0. The lowest BCUT2D eigenvalue weighted by atomic mass is 10.0. The third kappa shape index (κ3) is 3.21. The second kappa shape index (κ2) is 6.38. The van der Waals surface area contributed by atoms with Crippen molar-refractivity contribution < 1.29 is 4.74 Å². The van der Waals surface area contributed by atoms with E-state index in [0.29, 0.717) is 0 Å². The van der Waals surface area contributed by atoms with Gasteiger partial charge in [-0.25, -0.2) is 0 Å². The molecule has 0 saturated heterocycles. The first kappa shape index (κ1) is 14.5. The molecule has 98 valence electrons.